The zero-order valence-corrected chi connectivity index (χ0v) is 13.9. The Bertz CT molecular complexity index is 1050. The fourth-order valence-corrected chi connectivity index (χ4v) is 3.13. The molecule has 3 aromatic heterocycles. The molecule has 1 amide bonds. The number of benzene rings is 1. The summed E-state index contributed by atoms with van der Waals surface area (Å²) >= 11 is 1.56. The normalized spacial score (nSPS) is 10.8. The summed E-state index contributed by atoms with van der Waals surface area (Å²) in [7, 11) is 0. The third kappa shape index (κ3) is 2.88. The monoisotopic (exact) mass is 371 g/mol. The first-order valence-electron chi connectivity index (χ1n) is 7.50. The smallest absolute Gasteiger partial charge is 0.261 e. The van der Waals surface area contributed by atoms with Crippen molar-refractivity contribution < 1.29 is 13.6 Å². The molecule has 0 atom stereocenters. The lowest BCUT2D eigenvalue weighted by atomic mass is 10.2. The Morgan fingerprint density at radius 2 is 1.96 bits per heavy atom. The molecule has 130 valence electrons. The van der Waals surface area contributed by atoms with Crippen LogP contribution in [-0.2, 0) is 0 Å². The van der Waals surface area contributed by atoms with E-state index in [-0.39, 0.29) is 5.69 Å². The Balaban J connectivity index is 1.63. The van der Waals surface area contributed by atoms with Gasteiger partial charge in [0.25, 0.3) is 5.91 Å². The summed E-state index contributed by atoms with van der Waals surface area (Å²) in [5.74, 6) is -2.35. The predicted molar refractivity (Wildman–Crippen MR) is 93.8 cm³/mol. The first-order valence-corrected chi connectivity index (χ1v) is 8.44. The highest BCUT2D eigenvalue weighted by molar-refractivity contribution is 7.08. The van der Waals surface area contributed by atoms with E-state index in [4.69, 9.17) is 0 Å². The third-order valence-electron chi connectivity index (χ3n) is 3.72. The van der Waals surface area contributed by atoms with Gasteiger partial charge in [-0.2, -0.15) is 16.4 Å². The maximum atomic E-state index is 13.8. The number of H-pyrrole nitrogens is 2. The minimum Gasteiger partial charge on any atom is -0.337 e. The third-order valence-corrected chi connectivity index (χ3v) is 4.41. The average molecular weight is 371 g/mol. The van der Waals surface area contributed by atoms with Crippen molar-refractivity contribution in [1.29, 1.82) is 0 Å². The standard InChI is InChI=1S/C17H11F2N5OS/c18-10-2-1-3-11(19)14(10)17(25)23-13-7-21-24-15(13)16-20-6-12(22-16)9-4-5-26-8-9/h1-8H,(H,20,22)(H,21,24)(H,23,25). The molecular formula is C17H11F2N5OS. The Morgan fingerprint density at radius 3 is 2.69 bits per heavy atom. The Hall–Kier alpha value is -3.33. The van der Waals surface area contributed by atoms with Crippen molar-refractivity contribution in [2.45, 2.75) is 0 Å². The molecule has 6 nitrogen and oxygen atoms in total. The van der Waals surface area contributed by atoms with Crippen LogP contribution in [0, 0.1) is 11.6 Å². The molecule has 1 aromatic carbocycles. The van der Waals surface area contributed by atoms with Gasteiger partial charge < -0.3 is 10.3 Å². The van der Waals surface area contributed by atoms with E-state index in [9.17, 15) is 13.6 Å². The number of amides is 1. The van der Waals surface area contributed by atoms with Crippen molar-refractivity contribution in [2.24, 2.45) is 0 Å². The number of hydrogen-bond acceptors (Lipinski definition) is 4. The molecule has 4 rings (SSSR count). The number of anilines is 1. The van der Waals surface area contributed by atoms with Crippen LogP contribution in [0.2, 0.25) is 0 Å². The predicted octanol–water partition coefficient (Wildman–Crippen LogP) is 4.06. The molecule has 0 aliphatic heterocycles. The summed E-state index contributed by atoms with van der Waals surface area (Å²) in [6, 6.07) is 5.18. The van der Waals surface area contributed by atoms with Crippen LogP contribution in [-0.4, -0.2) is 26.1 Å². The molecule has 0 saturated carbocycles. The van der Waals surface area contributed by atoms with Crippen molar-refractivity contribution in [2.75, 3.05) is 5.32 Å². The van der Waals surface area contributed by atoms with Gasteiger partial charge in [-0.05, 0) is 23.6 Å². The summed E-state index contributed by atoms with van der Waals surface area (Å²) in [6.07, 6.45) is 3.00. The van der Waals surface area contributed by atoms with E-state index < -0.39 is 23.1 Å². The number of imidazole rings is 1. The lowest BCUT2D eigenvalue weighted by Gasteiger charge is -2.06. The number of carbonyl (C=O) groups is 1. The molecule has 0 spiro atoms. The topological polar surface area (TPSA) is 86.5 Å². The van der Waals surface area contributed by atoms with E-state index in [1.165, 1.54) is 12.3 Å². The van der Waals surface area contributed by atoms with Crippen LogP contribution < -0.4 is 5.32 Å². The molecule has 0 unspecified atom stereocenters. The fourth-order valence-electron chi connectivity index (χ4n) is 2.47. The van der Waals surface area contributed by atoms with Gasteiger partial charge >= 0.3 is 0 Å². The number of carbonyl (C=O) groups excluding carboxylic acids is 1. The summed E-state index contributed by atoms with van der Waals surface area (Å²) in [5, 5.41) is 13.0. The molecule has 26 heavy (non-hydrogen) atoms. The molecule has 0 bridgehead atoms. The molecule has 0 aliphatic rings. The molecule has 0 radical (unpaired) electrons. The van der Waals surface area contributed by atoms with Gasteiger partial charge in [-0.25, -0.2) is 13.8 Å². The van der Waals surface area contributed by atoms with Gasteiger partial charge in [-0.15, -0.1) is 0 Å². The van der Waals surface area contributed by atoms with Gasteiger partial charge in [0.05, 0.1) is 23.8 Å². The van der Waals surface area contributed by atoms with Crippen LogP contribution in [0.4, 0.5) is 14.5 Å². The molecule has 3 N–H and O–H groups in total. The van der Waals surface area contributed by atoms with Crippen LogP contribution in [0.1, 0.15) is 10.4 Å². The summed E-state index contributed by atoms with van der Waals surface area (Å²) in [4.78, 5) is 19.7. The summed E-state index contributed by atoms with van der Waals surface area (Å²) in [6.45, 7) is 0. The van der Waals surface area contributed by atoms with Gasteiger partial charge in [-0.3, -0.25) is 9.89 Å². The van der Waals surface area contributed by atoms with Crippen LogP contribution in [0.3, 0.4) is 0 Å². The fraction of sp³-hybridized carbons (Fsp3) is 0. The second-order valence-electron chi connectivity index (χ2n) is 5.37. The van der Waals surface area contributed by atoms with Gasteiger partial charge in [-0.1, -0.05) is 6.07 Å². The minimum absolute atomic E-state index is 0.254. The highest BCUT2D eigenvalue weighted by Gasteiger charge is 2.20. The number of hydrogen-bond donors (Lipinski definition) is 3. The van der Waals surface area contributed by atoms with E-state index in [2.05, 4.69) is 25.5 Å². The zero-order valence-electron chi connectivity index (χ0n) is 13.1. The van der Waals surface area contributed by atoms with E-state index in [1.807, 2.05) is 16.8 Å². The second-order valence-corrected chi connectivity index (χ2v) is 6.15. The maximum Gasteiger partial charge on any atom is 0.261 e. The SMILES string of the molecule is O=C(Nc1cn[nH]c1-c1ncc(-c2ccsc2)[nH]1)c1c(F)cccc1F. The number of rotatable bonds is 4. The summed E-state index contributed by atoms with van der Waals surface area (Å²) in [5.41, 5.74) is 1.78. The van der Waals surface area contributed by atoms with E-state index in [0.29, 0.717) is 11.5 Å². The van der Waals surface area contributed by atoms with Gasteiger partial charge in [0.2, 0.25) is 0 Å². The average Bonchev–Trinajstić information content (AvgIpc) is 3.35. The van der Waals surface area contributed by atoms with Crippen LogP contribution in [0.15, 0.2) is 47.4 Å². The van der Waals surface area contributed by atoms with Crippen molar-refractivity contribution in [3.63, 3.8) is 0 Å². The summed E-state index contributed by atoms with van der Waals surface area (Å²) < 4.78 is 27.5. The molecule has 4 aromatic rings. The first-order chi connectivity index (χ1) is 12.6. The van der Waals surface area contributed by atoms with Crippen molar-refractivity contribution in [1.82, 2.24) is 20.2 Å². The second kappa shape index (κ2) is 6.52. The molecule has 0 aliphatic carbocycles. The number of halogens is 2. The van der Waals surface area contributed by atoms with Crippen molar-refractivity contribution in [3.8, 4) is 22.8 Å². The molecule has 0 saturated heterocycles. The highest BCUT2D eigenvalue weighted by Crippen LogP contribution is 2.27. The van der Waals surface area contributed by atoms with Crippen molar-refractivity contribution in [3.05, 3.63) is 64.6 Å². The zero-order chi connectivity index (χ0) is 18.1. The van der Waals surface area contributed by atoms with Crippen molar-refractivity contribution >= 4 is 22.9 Å². The van der Waals surface area contributed by atoms with E-state index in [1.54, 1.807) is 17.5 Å². The number of aromatic amines is 2. The highest BCUT2D eigenvalue weighted by atomic mass is 32.1. The lowest BCUT2D eigenvalue weighted by molar-refractivity contribution is 0.101. The van der Waals surface area contributed by atoms with Gasteiger partial charge in [0, 0.05) is 10.9 Å². The van der Waals surface area contributed by atoms with E-state index in [0.717, 1.165) is 23.4 Å². The Kier molecular flexibility index (Phi) is 4.05. The maximum absolute atomic E-state index is 13.8. The van der Waals surface area contributed by atoms with Gasteiger partial charge in [0.15, 0.2) is 5.82 Å². The molecule has 0 fully saturated rings. The number of nitrogens with one attached hydrogen (secondary N) is 3. The number of thiophene rings is 1. The van der Waals surface area contributed by atoms with Crippen LogP contribution >= 0.6 is 11.3 Å². The van der Waals surface area contributed by atoms with Crippen LogP contribution in [0.5, 0.6) is 0 Å². The lowest BCUT2D eigenvalue weighted by Crippen LogP contribution is -2.16. The van der Waals surface area contributed by atoms with Gasteiger partial charge in [0.1, 0.15) is 22.9 Å². The molecule has 9 heteroatoms. The number of nitrogens with zero attached hydrogens (tertiary/aromatic N) is 2. The molecular weight excluding hydrogens is 360 g/mol. The quantitative estimate of drug-likeness (QED) is 0.506. The number of aromatic nitrogens is 4. The Labute approximate surface area is 149 Å². The first kappa shape index (κ1) is 16.2. The Morgan fingerprint density at radius 1 is 1.15 bits per heavy atom. The molecule has 3 heterocycles. The minimum atomic E-state index is -0.940. The van der Waals surface area contributed by atoms with Crippen LogP contribution in [0.25, 0.3) is 22.8 Å². The van der Waals surface area contributed by atoms with E-state index >= 15 is 0 Å². The largest absolute Gasteiger partial charge is 0.337 e.